The van der Waals surface area contributed by atoms with E-state index in [9.17, 15) is 22.8 Å². The first-order valence-corrected chi connectivity index (χ1v) is 21.0. The molecule has 12 nitrogen and oxygen atoms in total. The van der Waals surface area contributed by atoms with Crippen molar-refractivity contribution in [3.8, 4) is 16.8 Å². The van der Waals surface area contributed by atoms with Crippen molar-refractivity contribution in [2.24, 2.45) is 0 Å². The summed E-state index contributed by atoms with van der Waals surface area (Å²) in [5.74, 6) is -7.23. The van der Waals surface area contributed by atoms with Crippen molar-refractivity contribution < 1.29 is 31.1 Å². The molecule has 4 heterocycles. The van der Waals surface area contributed by atoms with Crippen LogP contribution in [-0.4, -0.2) is 66.4 Å². The summed E-state index contributed by atoms with van der Waals surface area (Å²) in [6.07, 6.45) is -2.01. The number of anilines is 2. The molecule has 18 heteroatoms. The van der Waals surface area contributed by atoms with Gasteiger partial charge in [0.25, 0.3) is 0 Å². The van der Waals surface area contributed by atoms with Gasteiger partial charge in [-0.05, 0) is 79.9 Å². The molecule has 0 saturated carbocycles. The molecule has 0 spiro atoms. The number of aromatic nitrogens is 7. The molecule has 4 aromatic carbocycles. The lowest BCUT2D eigenvalue weighted by molar-refractivity contribution is -0.146. The molecule has 1 unspecified atom stereocenters. The monoisotopic (exact) mass is 897 g/mol. The van der Waals surface area contributed by atoms with Gasteiger partial charge in [-0.1, -0.05) is 73.7 Å². The molecule has 1 fully saturated rings. The Balaban J connectivity index is 0.909. The fourth-order valence-electron chi connectivity index (χ4n) is 8.28. The van der Waals surface area contributed by atoms with Gasteiger partial charge in [0, 0.05) is 54.9 Å². The summed E-state index contributed by atoms with van der Waals surface area (Å²) in [6.45, 7) is 8.03. The molecule has 1 N–H and O–H groups in total. The van der Waals surface area contributed by atoms with Gasteiger partial charge in [-0.15, -0.1) is 5.10 Å². The van der Waals surface area contributed by atoms with Crippen molar-refractivity contribution in [3.05, 3.63) is 177 Å². The van der Waals surface area contributed by atoms with Crippen molar-refractivity contribution in [1.29, 1.82) is 0 Å². The highest BCUT2D eigenvalue weighted by atomic mass is 19.4. The first kappa shape index (κ1) is 44.6. The quantitative estimate of drug-likeness (QED) is 0.108. The zero-order chi connectivity index (χ0) is 46.1. The summed E-state index contributed by atoms with van der Waals surface area (Å²) in [4.78, 5) is 36.2. The average Bonchev–Trinajstić information content (AvgIpc) is 3.91. The Bertz CT molecular complexity index is 2840. The van der Waals surface area contributed by atoms with E-state index in [1.807, 2.05) is 92.7 Å². The van der Waals surface area contributed by atoms with E-state index in [1.54, 1.807) is 0 Å². The Hall–Kier alpha value is -6.95. The van der Waals surface area contributed by atoms with E-state index in [1.165, 1.54) is 45.0 Å². The predicted molar refractivity (Wildman–Crippen MR) is 233 cm³/mol. The van der Waals surface area contributed by atoms with E-state index in [4.69, 9.17) is 4.74 Å². The molecule has 1 saturated heterocycles. The van der Waals surface area contributed by atoms with Crippen LogP contribution in [0.5, 0.6) is 0 Å². The van der Waals surface area contributed by atoms with Gasteiger partial charge in [-0.3, -0.25) is 9.97 Å². The number of ether oxygens (including phenoxy) is 1. The molecule has 0 bridgehead atoms. The van der Waals surface area contributed by atoms with Crippen molar-refractivity contribution in [2.75, 3.05) is 36.0 Å². The van der Waals surface area contributed by atoms with Gasteiger partial charge < -0.3 is 14.5 Å². The molecule has 3 atom stereocenters. The largest absolute Gasteiger partial charge is 0.451 e. The zero-order valence-electron chi connectivity index (χ0n) is 35.6. The topological polar surface area (TPSA) is 119 Å². The number of nitrogens with one attached hydrogen (secondary N) is 1. The first-order valence-electron chi connectivity index (χ1n) is 21.0. The van der Waals surface area contributed by atoms with Crippen molar-refractivity contribution in [2.45, 2.75) is 63.6 Å². The summed E-state index contributed by atoms with van der Waals surface area (Å²) >= 11 is 0. The summed E-state index contributed by atoms with van der Waals surface area (Å²) in [5.41, 5.74) is -1.75. The molecule has 0 amide bonds. The Labute approximate surface area is 369 Å². The van der Waals surface area contributed by atoms with Crippen LogP contribution >= 0.6 is 0 Å². The van der Waals surface area contributed by atoms with Crippen LogP contribution in [0.15, 0.2) is 137 Å². The Morgan fingerprint density at radius 1 is 0.754 bits per heavy atom. The number of nitrogens with zero attached hydrogens (tertiary/aromatic N) is 8. The Morgan fingerprint density at radius 3 is 1.91 bits per heavy atom. The molecule has 0 radical (unpaired) electrons. The van der Waals surface area contributed by atoms with Crippen LogP contribution in [0, 0.1) is 5.82 Å². The van der Waals surface area contributed by atoms with Crippen molar-refractivity contribution >= 4 is 11.4 Å². The van der Waals surface area contributed by atoms with Crippen LogP contribution in [-0.2, 0) is 29.0 Å². The number of pyridine rings is 1. The standard InChI is InChI=1S/C47H45F6N9O3/c1-4-40(31(2)65-29-32-10-6-5-7-11-32)61-44(64)60(30-55-61)37-21-19-36(20-22-37)59-26-24-58(25-27-59)35-17-14-33(15-18-35)34-16-23-41(54-28-34)46(49,50)45(3,38-12-8-9-13-39(38)48)62-43(63)56-42(57-62)47(51,52)53/h5-23,28,30-31,40H,4,24-27,29H2,1-3H3,(H,56,57,63)/t31-,40-,45?/m0/s1. The Kier molecular flexibility index (Phi) is 12.3. The molecule has 338 valence electrons. The maximum atomic E-state index is 16.6. The molecule has 8 rings (SSSR count). The zero-order valence-corrected chi connectivity index (χ0v) is 35.6. The molecule has 1 aliphatic heterocycles. The number of piperazine rings is 1. The second-order valence-electron chi connectivity index (χ2n) is 16.0. The number of hydrogen-bond donors (Lipinski definition) is 1. The van der Waals surface area contributed by atoms with E-state index < -0.39 is 46.2 Å². The van der Waals surface area contributed by atoms with Crippen LogP contribution in [0.1, 0.15) is 55.9 Å². The van der Waals surface area contributed by atoms with Crippen molar-refractivity contribution in [3.63, 3.8) is 0 Å². The maximum Gasteiger partial charge on any atom is 0.451 e. The fourth-order valence-corrected chi connectivity index (χ4v) is 8.28. The number of aromatic amines is 1. The minimum Gasteiger partial charge on any atom is -0.372 e. The van der Waals surface area contributed by atoms with Gasteiger partial charge >= 0.3 is 23.5 Å². The van der Waals surface area contributed by atoms with E-state index in [2.05, 4.69) is 25.0 Å². The predicted octanol–water partition coefficient (Wildman–Crippen LogP) is 8.58. The molecule has 3 aromatic heterocycles. The van der Waals surface area contributed by atoms with Gasteiger partial charge in [0.05, 0.1) is 24.4 Å². The molecular weight excluding hydrogens is 853 g/mol. The lowest BCUT2D eigenvalue weighted by Crippen LogP contribution is -2.52. The molecule has 65 heavy (non-hydrogen) atoms. The number of alkyl halides is 5. The van der Waals surface area contributed by atoms with Crippen molar-refractivity contribution in [1.82, 2.24) is 34.1 Å². The highest BCUT2D eigenvalue weighted by Gasteiger charge is 2.58. The first-order chi connectivity index (χ1) is 31.1. The third kappa shape index (κ3) is 8.69. The van der Waals surface area contributed by atoms with Gasteiger partial charge in [0.1, 0.15) is 17.8 Å². The normalized spacial score (nSPS) is 15.5. The van der Waals surface area contributed by atoms with Gasteiger partial charge in [0.15, 0.2) is 5.54 Å². The smallest absolute Gasteiger partial charge is 0.372 e. The van der Waals surface area contributed by atoms with Crippen LogP contribution in [0.2, 0.25) is 0 Å². The fraction of sp³-hybridized carbons (Fsp3) is 0.298. The van der Waals surface area contributed by atoms with Crippen LogP contribution < -0.4 is 21.2 Å². The van der Waals surface area contributed by atoms with Gasteiger partial charge in [-0.25, -0.2) is 23.2 Å². The van der Waals surface area contributed by atoms with E-state index in [-0.39, 0.29) is 22.5 Å². The number of halogens is 6. The van der Waals surface area contributed by atoms with Crippen LogP contribution in [0.4, 0.5) is 37.7 Å². The third-order valence-corrected chi connectivity index (χ3v) is 12.1. The van der Waals surface area contributed by atoms with Gasteiger partial charge in [-0.2, -0.15) is 31.7 Å². The van der Waals surface area contributed by atoms with E-state index >= 15 is 13.2 Å². The van der Waals surface area contributed by atoms with Crippen LogP contribution in [0.25, 0.3) is 16.8 Å². The minimum atomic E-state index is -5.16. The maximum absolute atomic E-state index is 16.6. The van der Waals surface area contributed by atoms with E-state index in [0.29, 0.717) is 42.9 Å². The molecular formula is C47H45F6N9O3. The average molecular weight is 898 g/mol. The molecule has 1 aliphatic rings. The lowest BCUT2D eigenvalue weighted by Gasteiger charge is -2.37. The Morgan fingerprint density at radius 2 is 1.34 bits per heavy atom. The van der Waals surface area contributed by atoms with Gasteiger partial charge in [0.2, 0.25) is 5.82 Å². The summed E-state index contributed by atoms with van der Waals surface area (Å²) in [7, 11) is 0. The number of rotatable bonds is 14. The number of hydrogen-bond acceptors (Lipinski definition) is 8. The second-order valence-corrected chi connectivity index (χ2v) is 16.0. The SMILES string of the molecule is CC[C@@H]([C@H](C)OCc1ccccc1)n1ncn(-c2ccc(N3CCN(c4ccc(-c5ccc(C(F)(F)C(C)(c6ccccc6F)n6nc(C(F)(F)F)[nH]c6=O)nc5)cc4)CC3)cc2)c1=O. The summed E-state index contributed by atoms with van der Waals surface area (Å²) < 4.78 is 98.0. The molecule has 7 aromatic rings. The highest BCUT2D eigenvalue weighted by molar-refractivity contribution is 5.66. The minimum absolute atomic E-state index is 0.0759. The molecule has 0 aliphatic carbocycles. The number of H-pyrrole nitrogens is 1. The van der Waals surface area contributed by atoms with Crippen LogP contribution in [0.3, 0.4) is 0 Å². The van der Waals surface area contributed by atoms with E-state index in [0.717, 1.165) is 55.2 Å². The lowest BCUT2D eigenvalue weighted by atomic mass is 9.83. The highest BCUT2D eigenvalue weighted by Crippen LogP contribution is 2.47. The number of benzene rings is 4. The summed E-state index contributed by atoms with van der Waals surface area (Å²) in [5, 5.41) is 7.61. The third-order valence-electron chi connectivity index (χ3n) is 12.1. The second kappa shape index (κ2) is 17.9. The summed E-state index contributed by atoms with van der Waals surface area (Å²) in [6, 6.07) is 31.5.